The molecule has 1 aliphatic carbocycles. The first-order valence-electron chi connectivity index (χ1n) is 6.25. The standard InChI is InChI=1S/C16H14N2O/c1-12-10-16(14-4-2-3-5-14)17-18(12)15-8-6-13(11-19)7-9-15/h2-11,14H,1H3. The van der Waals surface area contributed by atoms with Crippen molar-refractivity contribution in [1.29, 1.82) is 0 Å². The zero-order chi connectivity index (χ0) is 13.2. The lowest BCUT2D eigenvalue weighted by Crippen LogP contribution is -2.00. The number of hydrogen-bond acceptors (Lipinski definition) is 2. The van der Waals surface area contributed by atoms with Crippen molar-refractivity contribution >= 4 is 6.29 Å². The highest BCUT2D eigenvalue weighted by Crippen LogP contribution is 2.23. The van der Waals surface area contributed by atoms with E-state index in [1.54, 1.807) is 12.1 Å². The average Bonchev–Trinajstić information content (AvgIpc) is 3.08. The van der Waals surface area contributed by atoms with E-state index in [0.717, 1.165) is 23.4 Å². The van der Waals surface area contributed by atoms with Crippen LogP contribution < -0.4 is 0 Å². The molecule has 1 aromatic heterocycles. The van der Waals surface area contributed by atoms with Crippen molar-refractivity contribution in [2.75, 3.05) is 0 Å². The fourth-order valence-electron chi connectivity index (χ4n) is 2.25. The maximum Gasteiger partial charge on any atom is 0.150 e. The van der Waals surface area contributed by atoms with Crippen LogP contribution in [-0.4, -0.2) is 16.1 Å². The van der Waals surface area contributed by atoms with Crippen molar-refractivity contribution in [3.63, 3.8) is 0 Å². The van der Waals surface area contributed by atoms with Gasteiger partial charge in [0.05, 0.1) is 11.4 Å². The summed E-state index contributed by atoms with van der Waals surface area (Å²) in [4.78, 5) is 10.7. The summed E-state index contributed by atoms with van der Waals surface area (Å²) >= 11 is 0. The molecule has 1 aliphatic rings. The van der Waals surface area contributed by atoms with Gasteiger partial charge in [0.2, 0.25) is 0 Å². The van der Waals surface area contributed by atoms with Gasteiger partial charge < -0.3 is 0 Å². The molecule has 19 heavy (non-hydrogen) atoms. The van der Waals surface area contributed by atoms with Gasteiger partial charge in [-0.3, -0.25) is 4.79 Å². The Morgan fingerprint density at radius 1 is 1.16 bits per heavy atom. The molecule has 0 atom stereocenters. The number of nitrogens with zero attached hydrogens (tertiary/aromatic N) is 2. The van der Waals surface area contributed by atoms with Crippen molar-refractivity contribution in [2.24, 2.45) is 0 Å². The van der Waals surface area contributed by atoms with E-state index in [4.69, 9.17) is 0 Å². The second-order valence-electron chi connectivity index (χ2n) is 4.63. The molecule has 3 rings (SSSR count). The van der Waals surface area contributed by atoms with Gasteiger partial charge in [-0.1, -0.05) is 24.3 Å². The van der Waals surface area contributed by atoms with Crippen LogP contribution in [0, 0.1) is 6.92 Å². The molecule has 0 amide bonds. The topological polar surface area (TPSA) is 34.9 Å². The van der Waals surface area contributed by atoms with Gasteiger partial charge in [0.15, 0.2) is 0 Å². The third-order valence-electron chi connectivity index (χ3n) is 3.27. The van der Waals surface area contributed by atoms with Crippen LogP contribution in [0.5, 0.6) is 0 Å². The van der Waals surface area contributed by atoms with Crippen LogP contribution in [0.4, 0.5) is 0 Å². The molecule has 2 aromatic rings. The predicted octanol–water partition coefficient (Wildman–Crippen LogP) is 3.20. The lowest BCUT2D eigenvalue weighted by atomic mass is 10.1. The van der Waals surface area contributed by atoms with E-state index in [-0.39, 0.29) is 5.92 Å². The smallest absolute Gasteiger partial charge is 0.150 e. The Labute approximate surface area is 111 Å². The Bertz CT molecular complexity index is 651. The fraction of sp³-hybridized carbons (Fsp3) is 0.125. The minimum Gasteiger partial charge on any atom is -0.298 e. The van der Waals surface area contributed by atoms with Gasteiger partial charge in [0, 0.05) is 17.2 Å². The normalized spacial score (nSPS) is 14.2. The molecule has 0 fully saturated rings. The molecule has 0 bridgehead atoms. The summed E-state index contributed by atoms with van der Waals surface area (Å²) in [5.74, 6) is 0.272. The number of hydrogen-bond donors (Lipinski definition) is 0. The second-order valence-corrected chi connectivity index (χ2v) is 4.63. The number of aldehydes is 1. The van der Waals surface area contributed by atoms with Gasteiger partial charge in [-0.25, -0.2) is 4.68 Å². The summed E-state index contributed by atoms with van der Waals surface area (Å²) in [6.07, 6.45) is 9.18. The second kappa shape index (κ2) is 4.69. The van der Waals surface area contributed by atoms with Gasteiger partial charge in [-0.2, -0.15) is 5.10 Å². The molecule has 0 radical (unpaired) electrons. The lowest BCUT2D eigenvalue weighted by Gasteiger charge is -2.04. The Kier molecular flexibility index (Phi) is 2.88. The van der Waals surface area contributed by atoms with E-state index >= 15 is 0 Å². The summed E-state index contributed by atoms with van der Waals surface area (Å²) in [6.45, 7) is 2.03. The van der Waals surface area contributed by atoms with Gasteiger partial charge in [0.25, 0.3) is 0 Å². The molecule has 94 valence electrons. The SMILES string of the molecule is Cc1cc(C2C=CC=C2)nn1-c1ccc(C=O)cc1. The molecular weight excluding hydrogens is 236 g/mol. The molecule has 0 spiro atoms. The van der Waals surface area contributed by atoms with E-state index in [2.05, 4.69) is 23.3 Å². The summed E-state index contributed by atoms with van der Waals surface area (Å²) in [6, 6.07) is 9.52. The minimum atomic E-state index is 0.272. The summed E-state index contributed by atoms with van der Waals surface area (Å²) in [5, 5.41) is 4.64. The Morgan fingerprint density at radius 3 is 2.47 bits per heavy atom. The third-order valence-corrected chi connectivity index (χ3v) is 3.27. The molecule has 0 saturated carbocycles. The average molecular weight is 250 g/mol. The first kappa shape index (κ1) is 11.7. The van der Waals surface area contributed by atoms with Crippen LogP contribution in [0.2, 0.25) is 0 Å². The number of rotatable bonds is 3. The third kappa shape index (κ3) is 2.15. The van der Waals surface area contributed by atoms with E-state index in [1.807, 2.05) is 35.9 Å². The van der Waals surface area contributed by atoms with E-state index in [0.29, 0.717) is 5.56 Å². The van der Waals surface area contributed by atoms with Crippen molar-refractivity contribution in [2.45, 2.75) is 12.8 Å². The molecule has 3 nitrogen and oxygen atoms in total. The van der Waals surface area contributed by atoms with Crippen molar-refractivity contribution in [3.05, 3.63) is 71.6 Å². The summed E-state index contributed by atoms with van der Waals surface area (Å²) in [7, 11) is 0. The van der Waals surface area contributed by atoms with Crippen LogP contribution in [0.25, 0.3) is 5.69 Å². The molecule has 0 N–H and O–H groups in total. The number of allylic oxidation sites excluding steroid dienone is 4. The number of aryl methyl sites for hydroxylation is 1. The van der Waals surface area contributed by atoms with Gasteiger partial charge in [0.1, 0.15) is 6.29 Å². The van der Waals surface area contributed by atoms with E-state index in [1.165, 1.54) is 0 Å². The van der Waals surface area contributed by atoms with Crippen molar-refractivity contribution in [1.82, 2.24) is 9.78 Å². The quantitative estimate of drug-likeness (QED) is 0.784. The van der Waals surface area contributed by atoms with Crippen LogP contribution in [0.1, 0.15) is 27.7 Å². The highest BCUT2D eigenvalue weighted by molar-refractivity contribution is 5.75. The molecule has 1 aromatic carbocycles. The summed E-state index contributed by atoms with van der Waals surface area (Å²) in [5.41, 5.74) is 3.78. The number of benzene rings is 1. The monoisotopic (exact) mass is 250 g/mol. The fourth-order valence-corrected chi connectivity index (χ4v) is 2.25. The summed E-state index contributed by atoms with van der Waals surface area (Å²) < 4.78 is 1.91. The van der Waals surface area contributed by atoms with E-state index in [9.17, 15) is 4.79 Å². The highest BCUT2D eigenvalue weighted by atomic mass is 16.1. The van der Waals surface area contributed by atoms with Crippen LogP contribution >= 0.6 is 0 Å². The van der Waals surface area contributed by atoms with Crippen LogP contribution in [0.3, 0.4) is 0 Å². The first-order chi connectivity index (χ1) is 9.28. The van der Waals surface area contributed by atoms with Gasteiger partial charge >= 0.3 is 0 Å². The number of carbonyl (C=O) groups excluding carboxylic acids is 1. The van der Waals surface area contributed by atoms with E-state index < -0.39 is 0 Å². The first-order valence-corrected chi connectivity index (χ1v) is 6.25. The largest absolute Gasteiger partial charge is 0.298 e. The van der Waals surface area contributed by atoms with Crippen LogP contribution in [0.15, 0.2) is 54.6 Å². The van der Waals surface area contributed by atoms with Crippen LogP contribution in [-0.2, 0) is 0 Å². The zero-order valence-corrected chi connectivity index (χ0v) is 10.7. The molecular formula is C16H14N2O. The lowest BCUT2D eigenvalue weighted by molar-refractivity contribution is 0.112. The number of aromatic nitrogens is 2. The Morgan fingerprint density at radius 2 is 1.84 bits per heavy atom. The van der Waals surface area contributed by atoms with Gasteiger partial charge in [-0.15, -0.1) is 0 Å². The number of carbonyl (C=O) groups is 1. The molecule has 0 aliphatic heterocycles. The molecule has 0 saturated heterocycles. The highest BCUT2D eigenvalue weighted by Gasteiger charge is 2.13. The maximum atomic E-state index is 10.7. The molecule has 1 heterocycles. The Hall–Kier alpha value is -2.42. The minimum absolute atomic E-state index is 0.272. The molecule has 0 unspecified atom stereocenters. The van der Waals surface area contributed by atoms with Crippen molar-refractivity contribution < 1.29 is 4.79 Å². The molecule has 3 heteroatoms. The van der Waals surface area contributed by atoms with Crippen molar-refractivity contribution in [3.8, 4) is 5.69 Å². The predicted molar refractivity (Wildman–Crippen MR) is 74.7 cm³/mol. The Balaban J connectivity index is 1.97. The van der Waals surface area contributed by atoms with Gasteiger partial charge in [-0.05, 0) is 37.3 Å². The maximum absolute atomic E-state index is 10.7. The zero-order valence-electron chi connectivity index (χ0n) is 10.7.